The molecule has 0 atom stereocenters. The first-order valence-electron chi connectivity index (χ1n) is 11.6. The predicted octanol–water partition coefficient (Wildman–Crippen LogP) is 5.74. The van der Waals surface area contributed by atoms with Gasteiger partial charge in [-0.25, -0.2) is 4.79 Å². The molecule has 4 rings (SSSR count). The summed E-state index contributed by atoms with van der Waals surface area (Å²) < 4.78 is 16.8. The van der Waals surface area contributed by atoms with Crippen molar-refractivity contribution >= 4 is 36.0 Å². The summed E-state index contributed by atoms with van der Waals surface area (Å²) >= 11 is 0. The molecular weight excluding hydrogens is 486 g/mol. The number of aromatic nitrogens is 2. The number of nitrogens with zero attached hydrogens (tertiary/aromatic N) is 2. The van der Waals surface area contributed by atoms with Crippen LogP contribution < -0.4 is 19.5 Å². The van der Waals surface area contributed by atoms with Gasteiger partial charge in [0.2, 0.25) is 0 Å². The zero-order valence-electron chi connectivity index (χ0n) is 21.1. The second kappa shape index (κ2) is 11.7. The van der Waals surface area contributed by atoms with Crippen LogP contribution in [0.1, 0.15) is 22.5 Å². The fourth-order valence-corrected chi connectivity index (χ4v) is 3.59. The maximum Gasteiger partial charge on any atom is 0.347 e. The Kier molecular flexibility index (Phi) is 7.98. The molecule has 0 saturated heterocycles. The van der Waals surface area contributed by atoms with Gasteiger partial charge < -0.3 is 29.7 Å². The summed E-state index contributed by atoms with van der Waals surface area (Å²) in [6.07, 6.45) is 7.08. The van der Waals surface area contributed by atoms with E-state index in [1.165, 1.54) is 25.0 Å². The first-order chi connectivity index (χ1) is 18.4. The number of hydrogen-bond acceptors (Lipinski definition) is 7. The van der Waals surface area contributed by atoms with Crippen LogP contribution in [0.4, 0.5) is 10.5 Å². The van der Waals surface area contributed by atoms with Crippen molar-refractivity contribution in [2.45, 2.75) is 0 Å². The number of carbonyl (C=O) groups excluding carboxylic acids is 1. The monoisotopic (exact) mass is 513 g/mol. The fourth-order valence-electron chi connectivity index (χ4n) is 3.59. The lowest BCUT2D eigenvalue weighted by Crippen LogP contribution is -2.21. The zero-order chi connectivity index (χ0) is 27.1. The molecule has 3 aromatic carbocycles. The molecule has 0 bridgehead atoms. The predicted molar refractivity (Wildman–Crippen MR) is 147 cm³/mol. The highest BCUT2D eigenvalue weighted by molar-refractivity contribution is 5.92. The number of ether oxygens (including phenoxy) is 3. The molecular formula is C29H27N3O6. The molecule has 0 saturated carbocycles. The van der Waals surface area contributed by atoms with Gasteiger partial charge in [0, 0.05) is 5.69 Å². The number of nitrogens with one attached hydrogen (secondary N) is 1. The van der Waals surface area contributed by atoms with E-state index in [0.29, 0.717) is 34.3 Å². The molecule has 194 valence electrons. The van der Waals surface area contributed by atoms with E-state index in [0.717, 1.165) is 11.1 Å². The van der Waals surface area contributed by atoms with E-state index < -0.39 is 6.03 Å². The second-order valence-corrected chi connectivity index (χ2v) is 8.09. The van der Waals surface area contributed by atoms with Gasteiger partial charge >= 0.3 is 6.03 Å². The first kappa shape index (κ1) is 25.9. The Balaban J connectivity index is 1.65. The Morgan fingerprint density at radius 1 is 0.763 bits per heavy atom. The Labute approximate surface area is 219 Å². The zero-order valence-corrected chi connectivity index (χ0v) is 21.1. The molecule has 0 aliphatic carbocycles. The first-order valence-corrected chi connectivity index (χ1v) is 11.6. The number of phenolic OH excluding ortho intramolecular Hbond substituents is 2. The molecule has 4 aromatic rings. The Morgan fingerprint density at radius 2 is 1.34 bits per heavy atom. The van der Waals surface area contributed by atoms with Gasteiger partial charge in [0.05, 0.1) is 32.7 Å². The van der Waals surface area contributed by atoms with Gasteiger partial charge in [0.25, 0.3) is 0 Å². The Morgan fingerprint density at radius 3 is 1.89 bits per heavy atom. The number of anilines is 1. The number of phenols is 2. The lowest BCUT2D eigenvalue weighted by atomic mass is 10.1. The average molecular weight is 514 g/mol. The third-order valence-electron chi connectivity index (χ3n) is 5.59. The van der Waals surface area contributed by atoms with Crippen molar-refractivity contribution in [1.82, 2.24) is 9.78 Å². The third kappa shape index (κ3) is 6.14. The molecule has 0 spiro atoms. The van der Waals surface area contributed by atoms with Crippen LogP contribution >= 0.6 is 0 Å². The molecule has 0 fully saturated rings. The van der Waals surface area contributed by atoms with Crippen LogP contribution in [0.25, 0.3) is 24.3 Å². The Hall–Kier alpha value is -5.18. The minimum atomic E-state index is -0.455. The summed E-state index contributed by atoms with van der Waals surface area (Å²) in [7, 11) is 4.53. The van der Waals surface area contributed by atoms with Crippen molar-refractivity contribution in [2.75, 3.05) is 26.6 Å². The van der Waals surface area contributed by atoms with Crippen LogP contribution in [0.5, 0.6) is 28.7 Å². The van der Waals surface area contributed by atoms with Gasteiger partial charge in [0.1, 0.15) is 5.75 Å². The molecule has 1 amide bonds. The number of benzene rings is 3. The minimum absolute atomic E-state index is 0.0341. The molecule has 38 heavy (non-hydrogen) atoms. The van der Waals surface area contributed by atoms with Crippen molar-refractivity contribution in [2.24, 2.45) is 0 Å². The summed E-state index contributed by atoms with van der Waals surface area (Å²) in [6, 6.07) is 18.2. The number of rotatable bonds is 8. The van der Waals surface area contributed by atoms with E-state index in [1.807, 2.05) is 0 Å². The highest BCUT2D eigenvalue weighted by Gasteiger charge is 2.13. The standard InChI is InChI=1S/C29H27N3O6/c1-36-24-12-9-21(10-13-24)30-29(35)32-23(11-5-20-7-15-26(34)28(17-20)38-3)18-22(31-32)8-4-19-6-14-25(33)27(16-19)37-2/h4-18,33-34H,1-3H3,(H,30,35)/b8-4-,11-5-. The van der Waals surface area contributed by atoms with Crippen molar-refractivity contribution in [3.8, 4) is 28.7 Å². The molecule has 9 nitrogen and oxygen atoms in total. The molecule has 3 N–H and O–H groups in total. The van der Waals surface area contributed by atoms with Gasteiger partial charge in [-0.2, -0.15) is 9.78 Å². The van der Waals surface area contributed by atoms with Crippen molar-refractivity contribution in [3.05, 3.63) is 89.2 Å². The number of aromatic hydroxyl groups is 2. The Bertz CT molecular complexity index is 1490. The second-order valence-electron chi connectivity index (χ2n) is 8.09. The number of amides is 1. The summed E-state index contributed by atoms with van der Waals surface area (Å²) in [4.78, 5) is 13.2. The molecule has 1 aromatic heterocycles. The SMILES string of the molecule is COc1ccc(NC(=O)n2nc(/C=C\c3ccc(O)c(OC)c3)cc2/C=C\c2ccc(O)c(OC)c2)cc1. The molecule has 0 unspecified atom stereocenters. The molecule has 1 heterocycles. The minimum Gasteiger partial charge on any atom is -0.504 e. The maximum atomic E-state index is 13.2. The van der Waals surface area contributed by atoms with E-state index in [9.17, 15) is 15.0 Å². The molecule has 0 aliphatic heterocycles. The quantitative estimate of drug-likeness (QED) is 0.275. The average Bonchev–Trinajstić information content (AvgIpc) is 3.35. The van der Waals surface area contributed by atoms with Gasteiger partial charge in [-0.15, -0.1) is 0 Å². The van der Waals surface area contributed by atoms with E-state index >= 15 is 0 Å². The molecule has 0 radical (unpaired) electrons. The highest BCUT2D eigenvalue weighted by Crippen LogP contribution is 2.28. The normalized spacial score (nSPS) is 11.1. The smallest absolute Gasteiger partial charge is 0.347 e. The highest BCUT2D eigenvalue weighted by atomic mass is 16.5. The van der Waals surface area contributed by atoms with Crippen molar-refractivity contribution in [1.29, 1.82) is 0 Å². The van der Waals surface area contributed by atoms with E-state index in [4.69, 9.17) is 14.2 Å². The summed E-state index contributed by atoms with van der Waals surface area (Å²) in [6.45, 7) is 0. The van der Waals surface area contributed by atoms with E-state index in [-0.39, 0.29) is 11.5 Å². The number of methoxy groups -OCH3 is 3. The van der Waals surface area contributed by atoms with Gasteiger partial charge in [0.15, 0.2) is 23.0 Å². The summed E-state index contributed by atoms with van der Waals surface area (Å²) in [5.41, 5.74) is 3.18. The van der Waals surface area contributed by atoms with E-state index in [2.05, 4.69) is 10.4 Å². The maximum absolute atomic E-state index is 13.2. The third-order valence-corrected chi connectivity index (χ3v) is 5.59. The number of carbonyl (C=O) groups is 1. The van der Waals surface area contributed by atoms with E-state index in [1.54, 1.807) is 92.1 Å². The number of hydrogen-bond donors (Lipinski definition) is 3. The van der Waals surface area contributed by atoms with Crippen LogP contribution in [0.2, 0.25) is 0 Å². The van der Waals surface area contributed by atoms with Crippen LogP contribution in [-0.2, 0) is 0 Å². The van der Waals surface area contributed by atoms with Crippen LogP contribution in [0, 0.1) is 0 Å². The van der Waals surface area contributed by atoms with Gasteiger partial charge in [-0.1, -0.05) is 24.3 Å². The lowest BCUT2D eigenvalue weighted by Gasteiger charge is -2.07. The lowest BCUT2D eigenvalue weighted by molar-refractivity contribution is 0.250. The van der Waals surface area contributed by atoms with Crippen molar-refractivity contribution < 1.29 is 29.2 Å². The fraction of sp³-hybridized carbons (Fsp3) is 0.103. The van der Waals surface area contributed by atoms with Crippen LogP contribution in [-0.4, -0.2) is 47.4 Å². The molecule has 9 heteroatoms. The largest absolute Gasteiger partial charge is 0.504 e. The van der Waals surface area contributed by atoms with Crippen LogP contribution in [0.15, 0.2) is 66.7 Å². The summed E-state index contributed by atoms with van der Waals surface area (Å²) in [5, 5.41) is 27.0. The topological polar surface area (TPSA) is 115 Å². The van der Waals surface area contributed by atoms with Gasteiger partial charge in [-0.3, -0.25) is 0 Å². The molecule has 0 aliphatic rings. The van der Waals surface area contributed by atoms with Gasteiger partial charge in [-0.05, 0) is 77.9 Å². The van der Waals surface area contributed by atoms with Crippen LogP contribution in [0.3, 0.4) is 0 Å². The summed E-state index contributed by atoms with van der Waals surface area (Å²) in [5.74, 6) is 1.44. The van der Waals surface area contributed by atoms with Crippen molar-refractivity contribution in [3.63, 3.8) is 0 Å².